The van der Waals surface area contributed by atoms with Gasteiger partial charge in [-0.25, -0.2) is 9.98 Å². The third kappa shape index (κ3) is 1.98. The van der Waals surface area contributed by atoms with E-state index in [1.165, 1.54) is 0 Å². The molecule has 70 valence electrons. The summed E-state index contributed by atoms with van der Waals surface area (Å²) in [5, 5.41) is 2.96. The quantitative estimate of drug-likeness (QED) is 0.675. The summed E-state index contributed by atoms with van der Waals surface area (Å²) in [6.45, 7) is 0. The molecule has 0 saturated carbocycles. The van der Waals surface area contributed by atoms with Crippen LogP contribution in [-0.2, 0) is 4.74 Å². The molecule has 0 atom stereocenters. The second-order valence-electron chi connectivity index (χ2n) is 2.54. The largest absolute Gasteiger partial charge is 0.444 e. The molecule has 0 spiro atoms. The lowest BCUT2D eigenvalue weighted by Crippen LogP contribution is -2.27. The van der Waals surface area contributed by atoms with Gasteiger partial charge in [0.15, 0.2) is 5.84 Å². The first-order chi connectivity index (χ1) is 6.97. The molecule has 0 amide bonds. The molecule has 0 aromatic heterocycles. The third-order valence-corrected chi connectivity index (χ3v) is 1.57. The van der Waals surface area contributed by atoms with Crippen molar-refractivity contribution in [3.8, 4) is 0 Å². The van der Waals surface area contributed by atoms with Crippen LogP contribution in [0.2, 0.25) is 0 Å². The van der Waals surface area contributed by atoms with E-state index in [-0.39, 0.29) is 0 Å². The summed E-state index contributed by atoms with van der Waals surface area (Å²) < 4.78 is 5.24. The van der Waals surface area contributed by atoms with Crippen molar-refractivity contribution in [2.24, 2.45) is 9.98 Å². The zero-order valence-electron chi connectivity index (χ0n) is 7.42. The van der Waals surface area contributed by atoms with Crippen LogP contribution < -0.4 is 5.32 Å². The number of rotatable bonds is 1. The Morgan fingerprint density at radius 2 is 1.86 bits per heavy atom. The molecule has 0 aliphatic carbocycles. The summed E-state index contributed by atoms with van der Waals surface area (Å²) in [6.07, 6.45) is 13.9. The van der Waals surface area contributed by atoms with Gasteiger partial charge in [-0.2, -0.15) is 0 Å². The molecule has 2 aliphatic heterocycles. The first kappa shape index (κ1) is 8.50. The van der Waals surface area contributed by atoms with Gasteiger partial charge in [0.2, 0.25) is 0 Å². The normalized spacial score (nSPS) is 18.9. The van der Waals surface area contributed by atoms with Gasteiger partial charge in [0.1, 0.15) is 0 Å². The van der Waals surface area contributed by atoms with Gasteiger partial charge in [-0.05, 0) is 24.3 Å². The fraction of sp³-hybridized carbons (Fsp3) is 0. The minimum absolute atomic E-state index is 0.450. The standard InChI is InChI=1S/C10H9N3O/c1-2-6-12-9(11-5-1)10-13-7-3-4-8-14-10/h1-8H,(H,11,12). The molecule has 0 fully saturated rings. The Balaban J connectivity index is 2.22. The number of amidine groups is 1. The van der Waals surface area contributed by atoms with Crippen molar-refractivity contribution < 1.29 is 4.74 Å². The average molecular weight is 187 g/mol. The van der Waals surface area contributed by atoms with Crippen molar-refractivity contribution in [2.75, 3.05) is 0 Å². The van der Waals surface area contributed by atoms with Gasteiger partial charge in [-0.1, -0.05) is 0 Å². The molecular formula is C10H9N3O. The predicted molar refractivity (Wildman–Crippen MR) is 55.7 cm³/mol. The van der Waals surface area contributed by atoms with E-state index in [2.05, 4.69) is 15.3 Å². The molecule has 2 heterocycles. The highest BCUT2D eigenvalue weighted by atomic mass is 16.5. The second-order valence-corrected chi connectivity index (χ2v) is 2.54. The molecule has 2 aliphatic rings. The Morgan fingerprint density at radius 1 is 1.00 bits per heavy atom. The minimum atomic E-state index is 0.450. The highest BCUT2D eigenvalue weighted by Crippen LogP contribution is 1.97. The highest BCUT2D eigenvalue weighted by Gasteiger charge is 2.08. The van der Waals surface area contributed by atoms with Gasteiger partial charge in [0.25, 0.3) is 5.90 Å². The van der Waals surface area contributed by atoms with E-state index in [0.717, 1.165) is 0 Å². The van der Waals surface area contributed by atoms with E-state index in [1.54, 1.807) is 37.0 Å². The van der Waals surface area contributed by atoms with Crippen molar-refractivity contribution in [1.29, 1.82) is 0 Å². The van der Waals surface area contributed by atoms with Crippen LogP contribution in [0.25, 0.3) is 0 Å². The van der Waals surface area contributed by atoms with E-state index in [9.17, 15) is 0 Å². The number of allylic oxidation sites excluding steroid dienone is 4. The smallest absolute Gasteiger partial charge is 0.262 e. The van der Waals surface area contributed by atoms with E-state index in [1.807, 2.05) is 12.2 Å². The first-order valence-corrected chi connectivity index (χ1v) is 4.19. The number of ether oxygens (including phenoxy) is 1. The van der Waals surface area contributed by atoms with E-state index < -0.39 is 0 Å². The Hall–Kier alpha value is -2.10. The van der Waals surface area contributed by atoms with Crippen molar-refractivity contribution >= 4 is 11.7 Å². The molecule has 0 aromatic carbocycles. The molecular weight excluding hydrogens is 178 g/mol. The van der Waals surface area contributed by atoms with Crippen molar-refractivity contribution in [3.63, 3.8) is 0 Å². The highest BCUT2D eigenvalue weighted by molar-refractivity contribution is 6.38. The number of hydrogen-bond donors (Lipinski definition) is 1. The van der Waals surface area contributed by atoms with Gasteiger partial charge in [-0.15, -0.1) is 0 Å². The van der Waals surface area contributed by atoms with Crippen LogP contribution >= 0.6 is 0 Å². The molecule has 0 bridgehead atoms. The Kier molecular flexibility index (Phi) is 2.56. The van der Waals surface area contributed by atoms with Gasteiger partial charge < -0.3 is 10.1 Å². The van der Waals surface area contributed by atoms with Crippen LogP contribution in [0.5, 0.6) is 0 Å². The molecule has 4 heteroatoms. The topological polar surface area (TPSA) is 46.0 Å². The average Bonchev–Trinajstić information content (AvgIpc) is 2.62. The Bertz CT molecular complexity index is 348. The van der Waals surface area contributed by atoms with Gasteiger partial charge in [0.05, 0.1) is 6.26 Å². The van der Waals surface area contributed by atoms with E-state index in [0.29, 0.717) is 11.7 Å². The SMILES string of the molecule is C1=CN=C(C2=NC=CC=CO2)NC=C1. The summed E-state index contributed by atoms with van der Waals surface area (Å²) in [4.78, 5) is 8.21. The minimum Gasteiger partial charge on any atom is -0.444 e. The van der Waals surface area contributed by atoms with Gasteiger partial charge in [0, 0.05) is 18.6 Å². The summed E-state index contributed by atoms with van der Waals surface area (Å²) in [6, 6.07) is 0. The molecule has 14 heavy (non-hydrogen) atoms. The molecule has 4 nitrogen and oxygen atoms in total. The lowest BCUT2D eigenvalue weighted by atomic mass is 10.5. The molecule has 1 N–H and O–H groups in total. The van der Waals surface area contributed by atoms with Crippen molar-refractivity contribution in [3.05, 3.63) is 49.2 Å². The molecule has 0 aromatic rings. The Morgan fingerprint density at radius 3 is 2.86 bits per heavy atom. The summed E-state index contributed by atoms with van der Waals surface area (Å²) in [5.41, 5.74) is 0. The molecule has 0 radical (unpaired) electrons. The molecule has 2 rings (SSSR count). The van der Waals surface area contributed by atoms with Crippen LogP contribution in [0.15, 0.2) is 59.2 Å². The molecule has 0 saturated heterocycles. The molecule has 0 unspecified atom stereocenters. The van der Waals surface area contributed by atoms with Crippen LogP contribution in [0, 0.1) is 0 Å². The van der Waals surface area contributed by atoms with Crippen LogP contribution in [0.4, 0.5) is 0 Å². The monoisotopic (exact) mass is 187 g/mol. The predicted octanol–water partition coefficient (Wildman–Crippen LogP) is 1.47. The summed E-state index contributed by atoms with van der Waals surface area (Å²) in [5.74, 6) is 1.04. The van der Waals surface area contributed by atoms with Crippen molar-refractivity contribution in [1.82, 2.24) is 5.32 Å². The first-order valence-electron chi connectivity index (χ1n) is 4.19. The summed E-state index contributed by atoms with van der Waals surface area (Å²) in [7, 11) is 0. The maximum atomic E-state index is 5.24. The second kappa shape index (κ2) is 4.23. The summed E-state index contributed by atoms with van der Waals surface area (Å²) >= 11 is 0. The van der Waals surface area contributed by atoms with Crippen LogP contribution in [-0.4, -0.2) is 11.7 Å². The Labute approximate surface area is 81.7 Å². The number of nitrogens with one attached hydrogen (secondary N) is 1. The van der Waals surface area contributed by atoms with E-state index >= 15 is 0 Å². The van der Waals surface area contributed by atoms with Gasteiger partial charge in [-0.3, -0.25) is 0 Å². The number of hydrogen-bond acceptors (Lipinski definition) is 4. The van der Waals surface area contributed by atoms with E-state index in [4.69, 9.17) is 4.74 Å². The number of nitrogens with zero attached hydrogens (tertiary/aromatic N) is 2. The fourth-order valence-electron chi connectivity index (χ4n) is 0.961. The van der Waals surface area contributed by atoms with Crippen LogP contribution in [0.1, 0.15) is 0 Å². The van der Waals surface area contributed by atoms with Crippen LogP contribution in [0.3, 0.4) is 0 Å². The fourth-order valence-corrected chi connectivity index (χ4v) is 0.961. The zero-order chi connectivity index (χ0) is 9.64. The van der Waals surface area contributed by atoms with Gasteiger partial charge >= 0.3 is 0 Å². The third-order valence-electron chi connectivity index (χ3n) is 1.57. The lowest BCUT2D eigenvalue weighted by molar-refractivity contribution is 0.481. The lowest BCUT2D eigenvalue weighted by Gasteiger charge is -2.05. The zero-order valence-corrected chi connectivity index (χ0v) is 7.42. The number of aliphatic imine (C=N–C) groups is 2. The van der Waals surface area contributed by atoms with Crippen molar-refractivity contribution in [2.45, 2.75) is 0 Å². The maximum absolute atomic E-state index is 5.24. The maximum Gasteiger partial charge on any atom is 0.262 e.